The number of fused-ring (bicyclic) bond motifs is 1. The van der Waals surface area contributed by atoms with E-state index in [2.05, 4.69) is 60.9 Å². The molecule has 4 aromatic rings. The van der Waals surface area contributed by atoms with E-state index in [1.54, 1.807) is 6.07 Å². The third-order valence-corrected chi connectivity index (χ3v) is 5.40. The van der Waals surface area contributed by atoms with Crippen LogP contribution in [0.5, 0.6) is 5.75 Å². The predicted molar refractivity (Wildman–Crippen MR) is 136 cm³/mol. The van der Waals surface area contributed by atoms with Crippen LogP contribution in [0, 0.1) is 5.92 Å². The number of carbonyl (C=O) groups is 1. The standard InChI is InChI=1S/C29H32N2O3/c1-20(2)18-27-30-24-11-7-8-12-25(24)31(27)19-21-14-16-22(17-15-21)23-10-6-9-13-26(23)33-28(32)34-29(3,4)5/h6-17,20H,18-19H2,1-5H3. The molecule has 1 aromatic heterocycles. The van der Waals surface area contributed by atoms with Crippen LogP contribution in [-0.4, -0.2) is 21.3 Å². The number of hydrogen-bond donors (Lipinski definition) is 0. The van der Waals surface area contributed by atoms with Crippen LogP contribution >= 0.6 is 0 Å². The van der Waals surface area contributed by atoms with Crippen molar-refractivity contribution in [3.63, 3.8) is 0 Å². The SMILES string of the molecule is CC(C)Cc1nc2ccccc2n1Cc1ccc(-c2ccccc2OC(=O)OC(C)(C)C)cc1. The monoisotopic (exact) mass is 456 g/mol. The molecular weight excluding hydrogens is 424 g/mol. The Bertz CT molecular complexity index is 1280. The van der Waals surface area contributed by atoms with Crippen LogP contribution in [0.1, 0.15) is 46.0 Å². The first-order chi connectivity index (χ1) is 16.2. The molecule has 0 bridgehead atoms. The first kappa shape index (κ1) is 23.6. The van der Waals surface area contributed by atoms with Crippen LogP contribution in [0.15, 0.2) is 72.8 Å². The van der Waals surface area contributed by atoms with Gasteiger partial charge in [0.25, 0.3) is 0 Å². The van der Waals surface area contributed by atoms with Crippen molar-refractivity contribution in [2.45, 2.75) is 53.2 Å². The molecule has 0 N–H and O–H groups in total. The fourth-order valence-electron chi connectivity index (χ4n) is 3.95. The highest BCUT2D eigenvalue weighted by atomic mass is 16.7. The van der Waals surface area contributed by atoms with Crippen molar-refractivity contribution < 1.29 is 14.3 Å². The van der Waals surface area contributed by atoms with Crippen LogP contribution in [0.25, 0.3) is 22.2 Å². The fourth-order valence-corrected chi connectivity index (χ4v) is 3.95. The van der Waals surface area contributed by atoms with Crippen molar-refractivity contribution in [3.05, 3.63) is 84.2 Å². The molecule has 34 heavy (non-hydrogen) atoms. The van der Waals surface area contributed by atoms with Gasteiger partial charge in [0.05, 0.1) is 11.0 Å². The minimum Gasteiger partial charge on any atom is -0.428 e. The summed E-state index contributed by atoms with van der Waals surface area (Å²) in [6.07, 6.45) is 0.225. The number of ether oxygens (including phenoxy) is 2. The van der Waals surface area contributed by atoms with E-state index >= 15 is 0 Å². The fraction of sp³-hybridized carbons (Fsp3) is 0.310. The zero-order chi connectivity index (χ0) is 24.3. The maximum atomic E-state index is 12.2. The normalized spacial score (nSPS) is 11.7. The summed E-state index contributed by atoms with van der Waals surface area (Å²) >= 11 is 0. The van der Waals surface area contributed by atoms with Crippen molar-refractivity contribution in [3.8, 4) is 16.9 Å². The van der Waals surface area contributed by atoms with Gasteiger partial charge in [0, 0.05) is 18.5 Å². The van der Waals surface area contributed by atoms with Crippen molar-refractivity contribution >= 4 is 17.2 Å². The number of carbonyl (C=O) groups excluding carboxylic acids is 1. The van der Waals surface area contributed by atoms with Gasteiger partial charge < -0.3 is 14.0 Å². The molecule has 0 fully saturated rings. The van der Waals surface area contributed by atoms with E-state index in [1.807, 2.05) is 45.0 Å². The number of nitrogens with zero attached hydrogens (tertiary/aromatic N) is 2. The van der Waals surface area contributed by atoms with E-state index < -0.39 is 11.8 Å². The quantitative estimate of drug-likeness (QED) is 0.226. The molecule has 3 aromatic carbocycles. The molecule has 0 amide bonds. The number of hydrogen-bond acceptors (Lipinski definition) is 4. The highest BCUT2D eigenvalue weighted by Gasteiger charge is 2.19. The summed E-state index contributed by atoms with van der Waals surface area (Å²) in [5.74, 6) is 2.11. The Morgan fingerprint density at radius 2 is 1.62 bits per heavy atom. The van der Waals surface area contributed by atoms with E-state index in [1.165, 1.54) is 5.56 Å². The molecule has 1 heterocycles. The van der Waals surface area contributed by atoms with Gasteiger partial charge in [-0.3, -0.25) is 0 Å². The molecule has 0 spiro atoms. The number of para-hydroxylation sites is 3. The maximum Gasteiger partial charge on any atom is 0.514 e. The lowest BCUT2D eigenvalue weighted by molar-refractivity contribution is 0.0207. The van der Waals surface area contributed by atoms with Gasteiger partial charge in [-0.05, 0) is 56.0 Å². The zero-order valence-corrected chi connectivity index (χ0v) is 20.5. The van der Waals surface area contributed by atoms with E-state index in [-0.39, 0.29) is 0 Å². The lowest BCUT2D eigenvalue weighted by atomic mass is 10.0. The second kappa shape index (κ2) is 9.72. The molecule has 176 valence electrons. The summed E-state index contributed by atoms with van der Waals surface area (Å²) in [5.41, 5.74) is 4.57. The minimum atomic E-state index is -0.707. The molecule has 0 saturated carbocycles. The maximum absolute atomic E-state index is 12.2. The zero-order valence-electron chi connectivity index (χ0n) is 20.5. The lowest BCUT2D eigenvalue weighted by Crippen LogP contribution is -2.26. The first-order valence-electron chi connectivity index (χ1n) is 11.7. The Balaban J connectivity index is 1.58. The molecule has 0 aliphatic heterocycles. The summed E-state index contributed by atoms with van der Waals surface area (Å²) in [7, 11) is 0. The van der Waals surface area contributed by atoms with Crippen LogP contribution in [0.2, 0.25) is 0 Å². The van der Waals surface area contributed by atoms with Crippen LogP contribution in [-0.2, 0) is 17.7 Å². The van der Waals surface area contributed by atoms with Crippen LogP contribution in [0.3, 0.4) is 0 Å². The molecule has 0 saturated heterocycles. The highest BCUT2D eigenvalue weighted by molar-refractivity contribution is 5.76. The second-order valence-electron chi connectivity index (χ2n) is 9.96. The molecule has 5 nitrogen and oxygen atoms in total. The van der Waals surface area contributed by atoms with Gasteiger partial charge in [0.2, 0.25) is 0 Å². The summed E-state index contributed by atoms with van der Waals surface area (Å²) < 4.78 is 13.1. The Labute approximate surface area is 201 Å². The number of benzene rings is 3. The second-order valence-corrected chi connectivity index (χ2v) is 9.96. The number of aromatic nitrogens is 2. The van der Waals surface area contributed by atoms with Gasteiger partial charge in [-0.15, -0.1) is 0 Å². The molecule has 0 aliphatic rings. The minimum absolute atomic E-state index is 0.476. The largest absolute Gasteiger partial charge is 0.514 e. The van der Waals surface area contributed by atoms with Gasteiger partial charge >= 0.3 is 6.16 Å². The predicted octanol–water partition coefficient (Wildman–Crippen LogP) is 7.26. The average Bonchev–Trinajstić information content (AvgIpc) is 3.10. The van der Waals surface area contributed by atoms with Gasteiger partial charge in [-0.1, -0.05) is 68.4 Å². The van der Waals surface area contributed by atoms with Crippen LogP contribution < -0.4 is 4.74 Å². The molecule has 0 radical (unpaired) electrons. The summed E-state index contributed by atoms with van der Waals surface area (Å²) in [6.45, 7) is 10.6. The molecule has 4 rings (SSSR count). The Hall–Kier alpha value is -3.60. The molecule has 0 aliphatic carbocycles. The van der Waals surface area contributed by atoms with E-state index in [4.69, 9.17) is 14.5 Å². The van der Waals surface area contributed by atoms with E-state index in [9.17, 15) is 4.79 Å². The van der Waals surface area contributed by atoms with Crippen LogP contribution in [0.4, 0.5) is 4.79 Å². The van der Waals surface area contributed by atoms with Gasteiger partial charge in [0.1, 0.15) is 17.2 Å². The average molecular weight is 457 g/mol. The number of imidazole rings is 1. The van der Waals surface area contributed by atoms with E-state index in [0.717, 1.165) is 41.0 Å². The van der Waals surface area contributed by atoms with Crippen molar-refractivity contribution in [2.24, 2.45) is 5.92 Å². The Morgan fingerprint density at radius 3 is 2.32 bits per heavy atom. The first-order valence-corrected chi connectivity index (χ1v) is 11.7. The summed E-state index contributed by atoms with van der Waals surface area (Å²) in [4.78, 5) is 17.1. The molecule has 0 atom stereocenters. The van der Waals surface area contributed by atoms with Crippen molar-refractivity contribution in [1.29, 1.82) is 0 Å². The van der Waals surface area contributed by atoms with E-state index in [0.29, 0.717) is 11.7 Å². The third kappa shape index (κ3) is 5.66. The Morgan fingerprint density at radius 1 is 0.941 bits per heavy atom. The third-order valence-electron chi connectivity index (χ3n) is 5.40. The van der Waals surface area contributed by atoms with Crippen molar-refractivity contribution in [1.82, 2.24) is 9.55 Å². The number of rotatable bonds is 6. The smallest absolute Gasteiger partial charge is 0.428 e. The van der Waals surface area contributed by atoms with Gasteiger partial charge in [-0.25, -0.2) is 9.78 Å². The van der Waals surface area contributed by atoms with Gasteiger partial charge in [-0.2, -0.15) is 0 Å². The molecule has 0 unspecified atom stereocenters. The van der Waals surface area contributed by atoms with Crippen molar-refractivity contribution in [2.75, 3.05) is 0 Å². The Kier molecular flexibility index (Phi) is 6.73. The molecular formula is C29H32N2O3. The summed E-state index contributed by atoms with van der Waals surface area (Å²) in [6, 6.07) is 24.2. The molecule has 5 heteroatoms. The lowest BCUT2D eigenvalue weighted by Gasteiger charge is -2.19. The topological polar surface area (TPSA) is 53.4 Å². The van der Waals surface area contributed by atoms with Gasteiger partial charge in [0.15, 0.2) is 0 Å². The summed E-state index contributed by atoms with van der Waals surface area (Å²) in [5, 5.41) is 0. The highest BCUT2D eigenvalue weighted by Crippen LogP contribution is 2.31.